The molecule has 2 atom stereocenters. The molecule has 0 spiro atoms. The van der Waals surface area contributed by atoms with Crippen LogP contribution in [0.1, 0.15) is 56.9 Å². The van der Waals surface area contributed by atoms with Gasteiger partial charge in [-0.1, -0.05) is 12.8 Å². The summed E-state index contributed by atoms with van der Waals surface area (Å²) in [5.74, 6) is 0.783. The molecule has 0 aromatic heterocycles. The van der Waals surface area contributed by atoms with Crippen LogP contribution < -0.4 is 4.74 Å². The zero-order valence-electron chi connectivity index (χ0n) is 15.5. The van der Waals surface area contributed by atoms with Gasteiger partial charge in [0, 0.05) is 6.54 Å². The van der Waals surface area contributed by atoms with Crippen LogP contribution in [0, 0.1) is 6.92 Å². The van der Waals surface area contributed by atoms with Crippen molar-refractivity contribution in [2.45, 2.75) is 81.4 Å². The molecule has 1 saturated heterocycles. The van der Waals surface area contributed by atoms with Crippen molar-refractivity contribution in [3.63, 3.8) is 0 Å². The Hall–Kier alpha value is -1.11. The topological polar surface area (TPSA) is 55.8 Å². The van der Waals surface area contributed by atoms with Crippen molar-refractivity contribution in [3.8, 4) is 5.75 Å². The van der Waals surface area contributed by atoms with Crippen LogP contribution in [0.4, 0.5) is 0 Å². The second kappa shape index (κ2) is 7.49. The molecule has 144 valence electrons. The van der Waals surface area contributed by atoms with Crippen molar-refractivity contribution in [2.24, 2.45) is 0 Å². The zero-order valence-corrected chi connectivity index (χ0v) is 16.3. The van der Waals surface area contributed by atoms with Crippen LogP contribution in [-0.2, 0) is 14.8 Å². The van der Waals surface area contributed by atoms with Gasteiger partial charge in [-0.15, -0.1) is 0 Å². The van der Waals surface area contributed by atoms with E-state index in [0.717, 1.165) is 49.8 Å². The van der Waals surface area contributed by atoms with E-state index in [-0.39, 0.29) is 18.2 Å². The average Bonchev–Trinajstić information content (AvgIpc) is 3.14. The van der Waals surface area contributed by atoms with E-state index < -0.39 is 10.0 Å². The molecule has 1 aromatic rings. The Labute approximate surface area is 156 Å². The Bertz CT molecular complexity index is 740. The quantitative estimate of drug-likeness (QED) is 0.801. The van der Waals surface area contributed by atoms with Gasteiger partial charge in [0.2, 0.25) is 10.0 Å². The summed E-state index contributed by atoms with van der Waals surface area (Å²) in [6, 6.07) is 5.40. The lowest BCUT2D eigenvalue weighted by atomic mass is 9.91. The predicted molar refractivity (Wildman–Crippen MR) is 100.0 cm³/mol. The van der Waals surface area contributed by atoms with Crippen molar-refractivity contribution in [1.82, 2.24) is 4.31 Å². The Kier molecular flexibility index (Phi) is 5.26. The van der Waals surface area contributed by atoms with Crippen LogP contribution in [0.15, 0.2) is 23.1 Å². The molecule has 3 aliphatic rings. The van der Waals surface area contributed by atoms with Crippen molar-refractivity contribution in [2.75, 3.05) is 13.2 Å². The molecule has 2 aliphatic carbocycles. The molecule has 0 bridgehead atoms. The minimum atomic E-state index is -3.51. The first-order valence-corrected chi connectivity index (χ1v) is 11.4. The van der Waals surface area contributed by atoms with E-state index in [9.17, 15) is 8.42 Å². The second-order valence-electron chi connectivity index (χ2n) is 7.83. The Balaban J connectivity index is 1.56. The van der Waals surface area contributed by atoms with E-state index in [0.29, 0.717) is 18.0 Å². The molecule has 1 aliphatic heterocycles. The van der Waals surface area contributed by atoms with E-state index in [2.05, 4.69) is 0 Å². The van der Waals surface area contributed by atoms with E-state index in [1.807, 2.05) is 19.1 Å². The van der Waals surface area contributed by atoms with Gasteiger partial charge in [-0.05, 0) is 69.2 Å². The number of morpholine rings is 1. The summed E-state index contributed by atoms with van der Waals surface area (Å²) in [6.45, 7) is 2.80. The average molecular weight is 380 g/mol. The lowest BCUT2D eigenvalue weighted by molar-refractivity contribution is -0.0586. The number of hydrogen-bond donors (Lipinski definition) is 0. The first-order chi connectivity index (χ1) is 12.6. The van der Waals surface area contributed by atoms with Gasteiger partial charge in [0.1, 0.15) is 5.75 Å². The molecule has 26 heavy (non-hydrogen) atoms. The van der Waals surface area contributed by atoms with Crippen molar-refractivity contribution < 1.29 is 17.9 Å². The third-order valence-corrected chi connectivity index (χ3v) is 8.10. The Morgan fingerprint density at radius 2 is 1.81 bits per heavy atom. The van der Waals surface area contributed by atoms with Crippen LogP contribution in [-0.4, -0.2) is 44.1 Å². The summed E-state index contributed by atoms with van der Waals surface area (Å²) in [4.78, 5) is 0.405. The fraction of sp³-hybridized carbons (Fsp3) is 0.700. The SMILES string of the molecule is Cc1cc(OC2CCCC2)ccc1S(=O)(=O)N1CCOC2CCCCC21. The van der Waals surface area contributed by atoms with Gasteiger partial charge in [-0.3, -0.25) is 0 Å². The smallest absolute Gasteiger partial charge is 0.243 e. The maximum atomic E-state index is 13.3. The molecule has 0 amide bonds. The first kappa shape index (κ1) is 18.3. The molecule has 0 radical (unpaired) electrons. The highest BCUT2D eigenvalue weighted by molar-refractivity contribution is 7.89. The second-order valence-corrected chi connectivity index (χ2v) is 9.69. The highest BCUT2D eigenvalue weighted by Gasteiger charge is 2.41. The Morgan fingerprint density at radius 3 is 2.58 bits per heavy atom. The summed E-state index contributed by atoms with van der Waals surface area (Å²) in [5.41, 5.74) is 0.763. The van der Waals surface area contributed by atoms with Crippen molar-refractivity contribution in [1.29, 1.82) is 0 Å². The highest BCUT2D eigenvalue weighted by Crippen LogP contribution is 2.34. The maximum absolute atomic E-state index is 13.3. The minimum Gasteiger partial charge on any atom is -0.490 e. The summed E-state index contributed by atoms with van der Waals surface area (Å²) < 4.78 is 40.3. The fourth-order valence-electron chi connectivity index (χ4n) is 4.67. The molecule has 4 rings (SSSR count). The van der Waals surface area contributed by atoms with Crippen molar-refractivity contribution >= 4 is 10.0 Å². The molecule has 2 unspecified atom stereocenters. The van der Waals surface area contributed by atoms with Crippen LogP contribution in [0.25, 0.3) is 0 Å². The Morgan fingerprint density at radius 1 is 1.08 bits per heavy atom. The number of aryl methyl sites for hydroxylation is 1. The van der Waals surface area contributed by atoms with Gasteiger partial charge in [0.15, 0.2) is 0 Å². The minimum absolute atomic E-state index is 0.0173. The van der Waals surface area contributed by atoms with Crippen LogP contribution in [0.3, 0.4) is 0 Å². The van der Waals surface area contributed by atoms with Crippen molar-refractivity contribution in [3.05, 3.63) is 23.8 Å². The summed E-state index contributed by atoms with van der Waals surface area (Å²) >= 11 is 0. The highest BCUT2D eigenvalue weighted by atomic mass is 32.2. The van der Waals surface area contributed by atoms with Gasteiger partial charge in [0.05, 0.1) is 29.8 Å². The van der Waals surface area contributed by atoms with Crippen LogP contribution in [0.5, 0.6) is 5.75 Å². The number of fused-ring (bicyclic) bond motifs is 1. The number of nitrogens with zero attached hydrogens (tertiary/aromatic N) is 1. The monoisotopic (exact) mass is 379 g/mol. The van der Waals surface area contributed by atoms with Crippen LogP contribution in [0.2, 0.25) is 0 Å². The number of rotatable bonds is 4. The van der Waals surface area contributed by atoms with E-state index in [4.69, 9.17) is 9.47 Å². The number of benzene rings is 1. The van der Waals surface area contributed by atoms with Crippen LogP contribution >= 0.6 is 0 Å². The van der Waals surface area contributed by atoms with E-state index >= 15 is 0 Å². The molecule has 3 fully saturated rings. The van der Waals surface area contributed by atoms with Gasteiger partial charge in [-0.25, -0.2) is 8.42 Å². The standard InChI is InChI=1S/C20H29NO4S/c1-15-14-17(25-16-6-2-3-7-16)10-11-20(15)26(22,23)21-12-13-24-19-9-5-4-8-18(19)21/h10-11,14,16,18-19H,2-9,12-13H2,1H3. The number of ether oxygens (including phenoxy) is 2. The molecule has 1 aromatic carbocycles. The van der Waals surface area contributed by atoms with Gasteiger partial charge in [0.25, 0.3) is 0 Å². The molecule has 0 N–H and O–H groups in total. The third kappa shape index (κ3) is 3.51. The lowest BCUT2D eigenvalue weighted by Crippen LogP contribution is -2.54. The van der Waals surface area contributed by atoms with E-state index in [1.165, 1.54) is 12.8 Å². The lowest BCUT2D eigenvalue weighted by Gasteiger charge is -2.42. The molecule has 1 heterocycles. The fourth-order valence-corrected chi connectivity index (χ4v) is 6.54. The molecule has 5 nitrogen and oxygen atoms in total. The van der Waals surface area contributed by atoms with Gasteiger partial charge in [-0.2, -0.15) is 4.31 Å². The third-order valence-electron chi connectivity index (χ3n) is 6.02. The molecule has 2 saturated carbocycles. The normalized spacial score (nSPS) is 28.0. The molecular weight excluding hydrogens is 350 g/mol. The number of sulfonamides is 1. The van der Waals surface area contributed by atoms with Gasteiger partial charge >= 0.3 is 0 Å². The van der Waals surface area contributed by atoms with Gasteiger partial charge < -0.3 is 9.47 Å². The maximum Gasteiger partial charge on any atom is 0.243 e. The van der Waals surface area contributed by atoms with E-state index in [1.54, 1.807) is 10.4 Å². The zero-order chi connectivity index (χ0) is 18.1. The number of hydrogen-bond acceptors (Lipinski definition) is 4. The first-order valence-electron chi connectivity index (χ1n) is 9.96. The largest absolute Gasteiger partial charge is 0.490 e. The summed E-state index contributed by atoms with van der Waals surface area (Å²) in [7, 11) is -3.51. The molecular formula is C20H29NO4S. The summed E-state index contributed by atoms with van der Waals surface area (Å²) in [5, 5.41) is 0. The summed E-state index contributed by atoms with van der Waals surface area (Å²) in [6.07, 6.45) is 9.01. The molecule has 6 heteroatoms. The predicted octanol–water partition coefficient (Wildman–Crippen LogP) is 3.65.